The highest BCUT2D eigenvalue weighted by molar-refractivity contribution is 7.12. The van der Waals surface area contributed by atoms with Crippen molar-refractivity contribution in [3.05, 3.63) is 22.4 Å². The Morgan fingerprint density at radius 3 is 2.71 bits per heavy atom. The summed E-state index contributed by atoms with van der Waals surface area (Å²) in [5.74, 6) is 0.640. The lowest BCUT2D eigenvalue weighted by Crippen LogP contribution is -2.27. The van der Waals surface area contributed by atoms with E-state index in [-0.39, 0.29) is 11.7 Å². The summed E-state index contributed by atoms with van der Waals surface area (Å²) in [6.07, 6.45) is 1.51. The summed E-state index contributed by atoms with van der Waals surface area (Å²) in [6, 6.07) is 3.69. The lowest BCUT2D eigenvalue weighted by atomic mass is 10.1. The van der Waals surface area contributed by atoms with E-state index in [0.717, 1.165) is 4.88 Å². The standard InChI is InChI=1S/C13H19NO2S/c1-10(2)9-14-13(16)7-3-5-11(15)12-6-4-8-17-12/h4,6,8,10H,3,5,7,9H2,1-2H3,(H,14,16). The van der Waals surface area contributed by atoms with E-state index in [1.54, 1.807) is 0 Å². The molecule has 0 radical (unpaired) electrons. The third-order valence-corrected chi connectivity index (χ3v) is 3.22. The quantitative estimate of drug-likeness (QED) is 0.759. The number of amides is 1. The molecule has 1 rings (SSSR count). The molecule has 94 valence electrons. The van der Waals surface area contributed by atoms with E-state index in [4.69, 9.17) is 0 Å². The number of carbonyl (C=O) groups is 2. The second-order valence-electron chi connectivity index (χ2n) is 4.45. The minimum atomic E-state index is 0.0395. The molecule has 3 nitrogen and oxygen atoms in total. The second kappa shape index (κ2) is 7.22. The average molecular weight is 253 g/mol. The van der Waals surface area contributed by atoms with Gasteiger partial charge in [-0.3, -0.25) is 9.59 Å². The first-order valence-electron chi connectivity index (χ1n) is 5.93. The maximum atomic E-state index is 11.6. The molecule has 0 unspecified atom stereocenters. The number of thiophene rings is 1. The van der Waals surface area contributed by atoms with Crippen LogP contribution in [0.4, 0.5) is 0 Å². The van der Waals surface area contributed by atoms with E-state index in [1.807, 2.05) is 17.5 Å². The first-order chi connectivity index (χ1) is 8.09. The van der Waals surface area contributed by atoms with E-state index in [1.165, 1.54) is 11.3 Å². The van der Waals surface area contributed by atoms with E-state index >= 15 is 0 Å². The first kappa shape index (κ1) is 13.9. The molecule has 1 amide bonds. The molecule has 0 aliphatic heterocycles. The second-order valence-corrected chi connectivity index (χ2v) is 5.40. The van der Waals surface area contributed by atoms with Crippen LogP contribution < -0.4 is 5.32 Å². The number of carbonyl (C=O) groups excluding carboxylic acids is 2. The van der Waals surface area contributed by atoms with Gasteiger partial charge in [-0.1, -0.05) is 19.9 Å². The summed E-state index contributed by atoms with van der Waals surface area (Å²) >= 11 is 1.45. The van der Waals surface area contributed by atoms with Gasteiger partial charge in [0.1, 0.15) is 0 Å². The Morgan fingerprint density at radius 2 is 2.12 bits per heavy atom. The van der Waals surface area contributed by atoms with Crippen LogP contribution in [0.5, 0.6) is 0 Å². The summed E-state index contributed by atoms with van der Waals surface area (Å²) in [6.45, 7) is 4.82. The van der Waals surface area contributed by atoms with Crippen LogP contribution in [0, 0.1) is 5.92 Å². The van der Waals surface area contributed by atoms with Gasteiger partial charge >= 0.3 is 0 Å². The van der Waals surface area contributed by atoms with Crippen molar-refractivity contribution < 1.29 is 9.59 Å². The van der Waals surface area contributed by atoms with Gasteiger partial charge in [0.2, 0.25) is 5.91 Å². The Morgan fingerprint density at radius 1 is 1.35 bits per heavy atom. The third kappa shape index (κ3) is 5.63. The monoisotopic (exact) mass is 253 g/mol. The molecule has 0 saturated carbocycles. The molecule has 0 aliphatic carbocycles. The van der Waals surface area contributed by atoms with E-state index in [9.17, 15) is 9.59 Å². The van der Waals surface area contributed by atoms with Gasteiger partial charge in [-0.05, 0) is 23.8 Å². The zero-order valence-corrected chi connectivity index (χ0v) is 11.2. The average Bonchev–Trinajstić information content (AvgIpc) is 2.79. The van der Waals surface area contributed by atoms with E-state index in [0.29, 0.717) is 31.7 Å². The largest absolute Gasteiger partial charge is 0.356 e. The van der Waals surface area contributed by atoms with Crippen molar-refractivity contribution in [1.82, 2.24) is 5.32 Å². The predicted octanol–water partition coefficient (Wildman–Crippen LogP) is 2.87. The van der Waals surface area contributed by atoms with Crippen molar-refractivity contribution in [2.75, 3.05) is 6.54 Å². The molecular weight excluding hydrogens is 234 g/mol. The van der Waals surface area contributed by atoms with Gasteiger partial charge in [0.25, 0.3) is 0 Å². The summed E-state index contributed by atoms with van der Waals surface area (Å²) in [5.41, 5.74) is 0. The maximum absolute atomic E-state index is 11.6. The van der Waals surface area contributed by atoms with Gasteiger partial charge in [-0.15, -0.1) is 11.3 Å². The Balaban J connectivity index is 2.15. The van der Waals surface area contributed by atoms with Crippen molar-refractivity contribution in [2.45, 2.75) is 33.1 Å². The van der Waals surface area contributed by atoms with Crippen molar-refractivity contribution >= 4 is 23.0 Å². The zero-order chi connectivity index (χ0) is 12.7. The molecule has 1 heterocycles. The van der Waals surface area contributed by atoms with Crippen LogP contribution in [0.3, 0.4) is 0 Å². The molecular formula is C13H19NO2S. The number of hydrogen-bond acceptors (Lipinski definition) is 3. The molecule has 0 atom stereocenters. The number of Topliss-reactive ketones (excluding diaryl/α,β-unsaturated/α-hetero) is 1. The van der Waals surface area contributed by atoms with Gasteiger partial charge in [0.15, 0.2) is 5.78 Å². The van der Waals surface area contributed by atoms with Crippen molar-refractivity contribution in [2.24, 2.45) is 5.92 Å². The minimum absolute atomic E-state index is 0.0395. The molecule has 0 aliphatic rings. The van der Waals surface area contributed by atoms with Gasteiger partial charge in [0, 0.05) is 19.4 Å². The Labute approximate surface area is 106 Å². The highest BCUT2D eigenvalue weighted by atomic mass is 32.1. The van der Waals surface area contributed by atoms with Crippen molar-refractivity contribution in [3.63, 3.8) is 0 Å². The molecule has 0 bridgehead atoms. The minimum Gasteiger partial charge on any atom is -0.356 e. The third-order valence-electron chi connectivity index (χ3n) is 2.31. The topological polar surface area (TPSA) is 46.2 Å². The van der Waals surface area contributed by atoms with Crippen LogP contribution >= 0.6 is 11.3 Å². The number of rotatable bonds is 7. The Bertz CT molecular complexity index is 358. The van der Waals surface area contributed by atoms with Crippen LogP contribution in [0.25, 0.3) is 0 Å². The fourth-order valence-electron chi connectivity index (χ4n) is 1.38. The fraction of sp³-hybridized carbons (Fsp3) is 0.538. The van der Waals surface area contributed by atoms with Gasteiger partial charge < -0.3 is 5.32 Å². The van der Waals surface area contributed by atoms with E-state index < -0.39 is 0 Å². The van der Waals surface area contributed by atoms with Crippen LogP contribution in [0.15, 0.2) is 17.5 Å². The van der Waals surface area contributed by atoms with Crippen LogP contribution in [-0.4, -0.2) is 18.2 Å². The van der Waals surface area contributed by atoms with Crippen molar-refractivity contribution in [3.8, 4) is 0 Å². The van der Waals surface area contributed by atoms with Crippen LogP contribution in [0.1, 0.15) is 42.8 Å². The Kier molecular flexibility index (Phi) is 5.91. The first-order valence-corrected chi connectivity index (χ1v) is 6.81. The molecule has 0 fully saturated rings. The van der Waals surface area contributed by atoms with Crippen LogP contribution in [0.2, 0.25) is 0 Å². The fourth-order valence-corrected chi connectivity index (χ4v) is 2.07. The highest BCUT2D eigenvalue weighted by Gasteiger charge is 2.08. The zero-order valence-electron chi connectivity index (χ0n) is 10.4. The molecule has 17 heavy (non-hydrogen) atoms. The lowest BCUT2D eigenvalue weighted by Gasteiger charge is -2.06. The number of hydrogen-bond donors (Lipinski definition) is 1. The summed E-state index contributed by atoms with van der Waals surface area (Å²) < 4.78 is 0. The molecule has 1 N–H and O–H groups in total. The molecule has 1 aromatic heterocycles. The van der Waals surface area contributed by atoms with Gasteiger partial charge in [-0.2, -0.15) is 0 Å². The number of nitrogens with one attached hydrogen (secondary N) is 1. The summed E-state index contributed by atoms with van der Waals surface area (Å²) in [7, 11) is 0. The lowest BCUT2D eigenvalue weighted by molar-refractivity contribution is -0.121. The molecule has 0 spiro atoms. The highest BCUT2D eigenvalue weighted by Crippen LogP contribution is 2.12. The summed E-state index contributed by atoms with van der Waals surface area (Å²) in [5, 5.41) is 4.73. The molecule has 4 heteroatoms. The normalized spacial score (nSPS) is 10.5. The summed E-state index contributed by atoms with van der Waals surface area (Å²) in [4.78, 5) is 23.8. The smallest absolute Gasteiger partial charge is 0.220 e. The molecule has 0 saturated heterocycles. The number of ketones is 1. The SMILES string of the molecule is CC(C)CNC(=O)CCCC(=O)c1cccs1. The predicted molar refractivity (Wildman–Crippen MR) is 70.3 cm³/mol. The van der Waals surface area contributed by atoms with Gasteiger partial charge in [-0.25, -0.2) is 0 Å². The molecule has 0 aromatic carbocycles. The molecule has 1 aromatic rings. The Hall–Kier alpha value is -1.16. The maximum Gasteiger partial charge on any atom is 0.220 e. The van der Waals surface area contributed by atoms with Crippen molar-refractivity contribution in [1.29, 1.82) is 0 Å². The van der Waals surface area contributed by atoms with E-state index in [2.05, 4.69) is 19.2 Å². The van der Waals surface area contributed by atoms with Crippen LogP contribution in [-0.2, 0) is 4.79 Å². The van der Waals surface area contributed by atoms with Gasteiger partial charge in [0.05, 0.1) is 4.88 Å².